The molecule has 2 rings (SSSR count). The van der Waals surface area contributed by atoms with Crippen LogP contribution in [-0.4, -0.2) is 25.1 Å². The lowest BCUT2D eigenvalue weighted by atomic mass is 10.2. The van der Waals surface area contributed by atoms with E-state index in [4.69, 9.17) is 0 Å². The largest absolute Gasteiger partial charge is 0.372 e. The van der Waals surface area contributed by atoms with Gasteiger partial charge in [-0.1, -0.05) is 6.08 Å². The number of nitro benzene ring substituents is 1. The lowest BCUT2D eigenvalue weighted by Crippen LogP contribution is -2.21. The summed E-state index contributed by atoms with van der Waals surface area (Å²) >= 11 is 0. The molecule has 8 heteroatoms. The van der Waals surface area contributed by atoms with Crippen molar-refractivity contribution in [2.75, 3.05) is 11.1 Å². The molecule has 0 unspecified atom stereocenters. The van der Waals surface area contributed by atoms with E-state index in [2.05, 4.69) is 5.32 Å². The van der Waals surface area contributed by atoms with Crippen molar-refractivity contribution >= 4 is 21.2 Å². The minimum Gasteiger partial charge on any atom is -0.372 e. The normalized spacial score (nSPS) is 20.8. The van der Waals surface area contributed by atoms with Crippen molar-refractivity contribution in [1.29, 1.82) is 0 Å². The Morgan fingerprint density at radius 2 is 2.17 bits per heavy atom. The standard InChI is InChI=1S/C10H9FN2O4S/c11-7-1-2-9(10(5-7)13(14)15)12-8-3-4-18(16,17)6-8/h1-5,8,12H,6H2/t8-/m1/s1. The molecular weight excluding hydrogens is 263 g/mol. The number of nitro groups is 1. The fourth-order valence-electron chi connectivity index (χ4n) is 1.64. The van der Waals surface area contributed by atoms with E-state index in [0.29, 0.717) is 0 Å². The van der Waals surface area contributed by atoms with Gasteiger partial charge in [-0.25, -0.2) is 12.8 Å². The number of sulfone groups is 1. The Labute approximate surface area is 102 Å². The molecule has 1 aromatic carbocycles. The predicted molar refractivity (Wildman–Crippen MR) is 63.4 cm³/mol. The molecule has 1 aromatic rings. The first kappa shape index (κ1) is 12.5. The van der Waals surface area contributed by atoms with Crippen LogP contribution in [-0.2, 0) is 9.84 Å². The molecule has 0 bridgehead atoms. The average molecular weight is 272 g/mol. The van der Waals surface area contributed by atoms with E-state index >= 15 is 0 Å². The lowest BCUT2D eigenvalue weighted by Gasteiger charge is -2.11. The molecule has 6 nitrogen and oxygen atoms in total. The molecule has 1 aliphatic heterocycles. The summed E-state index contributed by atoms with van der Waals surface area (Å²) in [6.45, 7) is 0. The van der Waals surface area contributed by atoms with Gasteiger partial charge < -0.3 is 5.32 Å². The summed E-state index contributed by atoms with van der Waals surface area (Å²) in [6, 6.07) is 2.53. The molecule has 1 heterocycles. The smallest absolute Gasteiger partial charge is 0.295 e. The maximum absolute atomic E-state index is 12.9. The number of rotatable bonds is 3. The minimum absolute atomic E-state index is 0.0909. The first-order valence-electron chi connectivity index (χ1n) is 4.99. The molecule has 0 aliphatic carbocycles. The van der Waals surface area contributed by atoms with Crippen molar-refractivity contribution in [3.8, 4) is 0 Å². The molecule has 18 heavy (non-hydrogen) atoms. The summed E-state index contributed by atoms with van der Waals surface area (Å²) in [5.74, 6) is -0.886. The molecule has 1 aliphatic rings. The average Bonchev–Trinajstić information content (AvgIpc) is 2.60. The number of benzene rings is 1. The molecule has 0 aromatic heterocycles. The number of hydrogen-bond acceptors (Lipinski definition) is 5. The van der Waals surface area contributed by atoms with Crippen molar-refractivity contribution in [1.82, 2.24) is 0 Å². The van der Waals surface area contributed by atoms with Gasteiger partial charge in [0.05, 0.1) is 22.8 Å². The van der Waals surface area contributed by atoms with Crippen LogP contribution >= 0.6 is 0 Å². The number of halogens is 1. The van der Waals surface area contributed by atoms with Crippen molar-refractivity contribution < 1.29 is 17.7 Å². The van der Waals surface area contributed by atoms with Gasteiger partial charge >= 0.3 is 0 Å². The Balaban J connectivity index is 2.25. The van der Waals surface area contributed by atoms with Gasteiger partial charge in [-0.3, -0.25) is 10.1 Å². The first-order chi connectivity index (χ1) is 8.37. The summed E-state index contributed by atoms with van der Waals surface area (Å²) in [7, 11) is -3.24. The molecule has 0 radical (unpaired) electrons. The van der Waals surface area contributed by atoms with E-state index < -0.39 is 32.3 Å². The van der Waals surface area contributed by atoms with E-state index in [0.717, 1.165) is 17.5 Å². The highest BCUT2D eigenvalue weighted by atomic mass is 32.2. The molecule has 0 saturated heterocycles. The Morgan fingerprint density at radius 3 is 2.72 bits per heavy atom. The van der Waals surface area contributed by atoms with Crippen LogP contribution in [0, 0.1) is 15.9 Å². The third kappa shape index (κ3) is 2.65. The quantitative estimate of drug-likeness (QED) is 0.664. The SMILES string of the molecule is O=[N+]([O-])c1cc(F)ccc1N[C@@H]1C=CS(=O)(=O)C1. The van der Waals surface area contributed by atoms with Gasteiger partial charge in [-0.2, -0.15) is 0 Å². The second kappa shape index (κ2) is 4.37. The number of hydrogen-bond donors (Lipinski definition) is 1. The van der Waals surface area contributed by atoms with E-state index in [1.54, 1.807) is 0 Å². The van der Waals surface area contributed by atoms with Gasteiger partial charge in [0.2, 0.25) is 0 Å². The zero-order chi connectivity index (χ0) is 13.3. The highest BCUT2D eigenvalue weighted by Gasteiger charge is 2.24. The molecule has 0 fully saturated rings. The predicted octanol–water partition coefficient (Wildman–Crippen LogP) is 1.46. The Hall–Kier alpha value is -1.96. The molecule has 96 valence electrons. The number of anilines is 1. The number of nitrogens with zero attached hydrogens (tertiary/aromatic N) is 1. The third-order valence-electron chi connectivity index (χ3n) is 2.43. The van der Waals surface area contributed by atoms with E-state index in [-0.39, 0.29) is 11.4 Å². The van der Waals surface area contributed by atoms with Gasteiger partial charge in [0.25, 0.3) is 5.69 Å². The fourth-order valence-corrected chi connectivity index (χ4v) is 2.88. The van der Waals surface area contributed by atoms with Crippen LogP contribution in [0.1, 0.15) is 0 Å². The maximum atomic E-state index is 12.9. The maximum Gasteiger partial charge on any atom is 0.295 e. The van der Waals surface area contributed by atoms with E-state index in [9.17, 15) is 22.9 Å². The van der Waals surface area contributed by atoms with Crippen LogP contribution < -0.4 is 5.32 Å². The summed E-state index contributed by atoms with van der Waals surface area (Å²) in [5.41, 5.74) is -0.333. The third-order valence-corrected chi connectivity index (χ3v) is 3.82. The van der Waals surface area contributed by atoms with Gasteiger partial charge in [0, 0.05) is 5.41 Å². The number of nitrogens with one attached hydrogen (secondary N) is 1. The van der Waals surface area contributed by atoms with Gasteiger partial charge in [-0.15, -0.1) is 0 Å². The van der Waals surface area contributed by atoms with Crippen LogP contribution in [0.4, 0.5) is 15.8 Å². The minimum atomic E-state index is -3.24. The van der Waals surface area contributed by atoms with Gasteiger partial charge in [-0.05, 0) is 12.1 Å². The van der Waals surface area contributed by atoms with Crippen LogP contribution in [0.25, 0.3) is 0 Å². The van der Waals surface area contributed by atoms with Crippen molar-refractivity contribution in [2.45, 2.75) is 6.04 Å². The Kier molecular flexibility index (Phi) is 3.04. The first-order valence-corrected chi connectivity index (χ1v) is 6.70. The van der Waals surface area contributed by atoms with Gasteiger partial charge in [0.15, 0.2) is 9.84 Å². The van der Waals surface area contributed by atoms with Crippen molar-refractivity contribution in [3.05, 3.63) is 45.6 Å². The molecule has 0 saturated carbocycles. The zero-order valence-corrected chi connectivity index (χ0v) is 9.85. The molecule has 0 spiro atoms. The second-order valence-corrected chi connectivity index (χ2v) is 5.76. The highest BCUT2D eigenvalue weighted by molar-refractivity contribution is 7.94. The zero-order valence-electron chi connectivity index (χ0n) is 9.04. The topological polar surface area (TPSA) is 89.3 Å². The van der Waals surface area contributed by atoms with Crippen LogP contribution in [0.3, 0.4) is 0 Å². The van der Waals surface area contributed by atoms with E-state index in [1.807, 2.05) is 0 Å². The van der Waals surface area contributed by atoms with Crippen LogP contribution in [0.2, 0.25) is 0 Å². The van der Waals surface area contributed by atoms with E-state index in [1.165, 1.54) is 12.1 Å². The van der Waals surface area contributed by atoms with Gasteiger partial charge in [0.1, 0.15) is 11.5 Å². The molecule has 0 amide bonds. The van der Waals surface area contributed by atoms with Crippen LogP contribution in [0.15, 0.2) is 29.7 Å². The highest BCUT2D eigenvalue weighted by Crippen LogP contribution is 2.26. The molecular formula is C10H9FN2O4S. The molecule has 1 N–H and O–H groups in total. The molecule has 1 atom stereocenters. The summed E-state index contributed by atoms with van der Waals surface area (Å²) in [5, 5.41) is 14.5. The monoisotopic (exact) mass is 272 g/mol. The summed E-state index contributed by atoms with van der Waals surface area (Å²) in [6.07, 6.45) is 1.41. The van der Waals surface area contributed by atoms with Crippen LogP contribution in [0.5, 0.6) is 0 Å². The lowest BCUT2D eigenvalue weighted by molar-refractivity contribution is -0.384. The summed E-state index contributed by atoms with van der Waals surface area (Å²) in [4.78, 5) is 10.0. The summed E-state index contributed by atoms with van der Waals surface area (Å²) < 4.78 is 35.3. The van der Waals surface area contributed by atoms with Crippen molar-refractivity contribution in [3.63, 3.8) is 0 Å². The fraction of sp³-hybridized carbons (Fsp3) is 0.200. The van der Waals surface area contributed by atoms with Crippen molar-refractivity contribution in [2.24, 2.45) is 0 Å². The Morgan fingerprint density at radius 1 is 1.44 bits per heavy atom. The Bertz CT molecular complexity index is 627. The second-order valence-electron chi connectivity index (χ2n) is 3.83.